The van der Waals surface area contributed by atoms with Crippen LogP contribution in [0.1, 0.15) is 34.2 Å². The van der Waals surface area contributed by atoms with Crippen LogP contribution in [-0.2, 0) is 0 Å². The van der Waals surface area contributed by atoms with E-state index in [4.69, 9.17) is 4.74 Å². The first-order valence-corrected chi connectivity index (χ1v) is 6.18. The van der Waals surface area contributed by atoms with Crippen LogP contribution in [0.4, 0.5) is 0 Å². The molecule has 0 spiro atoms. The Morgan fingerprint density at radius 2 is 1.90 bits per heavy atom. The maximum Gasteiger partial charge on any atom is 0.159 e. The lowest BCUT2D eigenvalue weighted by Gasteiger charge is -2.10. The number of Topliss-reactive ketones (excluding diaryl/α,β-unsaturated/α-hetero) is 1. The molecule has 4 heteroatoms. The molecule has 0 radical (unpaired) electrons. The molecule has 0 N–H and O–H groups in total. The molecule has 1 aromatic heterocycles. The van der Waals surface area contributed by atoms with Gasteiger partial charge in [-0.3, -0.25) is 9.78 Å². The molecule has 0 fully saturated rings. The third-order valence-electron chi connectivity index (χ3n) is 2.89. The summed E-state index contributed by atoms with van der Waals surface area (Å²) in [5.74, 6) is 1.06. The van der Waals surface area contributed by atoms with E-state index in [1.165, 1.54) is 6.92 Å². The zero-order valence-electron chi connectivity index (χ0n) is 11.6. The van der Waals surface area contributed by atoms with E-state index in [2.05, 4.69) is 11.1 Å². The highest BCUT2D eigenvalue weighted by Gasteiger charge is 2.10. The Morgan fingerprint density at radius 3 is 2.45 bits per heavy atom. The van der Waals surface area contributed by atoms with E-state index in [1.54, 1.807) is 37.3 Å². The summed E-state index contributed by atoms with van der Waals surface area (Å²) >= 11 is 0. The zero-order chi connectivity index (χ0) is 14.7. The van der Waals surface area contributed by atoms with Crippen molar-refractivity contribution in [2.45, 2.75) is 20.8 Å². The van der Waals surface area contributed by atoms with Crippen LogP contribution in [0, 0.1) is 25.2 Å². The van der Waals surface area contributed by atoms with Crippen molar-refractivity contribution in [1.82, 2.24) is 4.98 Å². The molecule has 1 aromatic carbocycles. The summed E-state index contributed by atoms with van der Waals surface area (Å²) in [5, 5.41) is 9.17. The highest BCUT2D eigenvalue weighted by Crippen LogP contribution is 2.27. The van der Waals surface area contributed by atoms with Gasteiger partial charge in [0.15, 0.2) is 5.78 Å². The van der Waals surface area contributed by atoms with Gasteiger partial charge in [0.25, 0.3) is 0 Å². The number of nitriles is 1. The highest BCUT2D eigenvalue weighted by atomic mass is 16.5. The van der Waals surface area contributed by atoms with Crippen molar-refractivity contribution in [1.29, 1.82) is 5.26 Å². The fourth-order valence-corrected chi connectivity index (χ4v) is 1.89. The fraction of sp³-hybridized carbons (Fsp3) is 0.188. The molecule has 0 aliphatic heterocycles. The van der Waals surface area contributed by atoms with Crippen LogP contribution in [0.2, 0.25) is 0 Å². The number of hydrogen-bond acceptors (Lipinski definition) is 4. The monoisotopic (exact) mass is 266 g/mol. The first-order valence-electron chi connectivity index (χ1n) is 6.18. The summed E-state index contributed by atoms with van der Waals surface area (Å²) in [6.07, 6.45) is 0. The summed E-state index contributed by atoms with van der Waals surface area (Å²) < 4.78 is 5.72. The Balaban J connectivity index is 2.35. The van der Waals surface area contributed by atoms with E-state index >= 15 is 0 Å². The number of pyridine rings is 1. The molecular weight excluding hydrogens is 252 g/mol. The van der Waals surface area contributed by atoms with Crippen molar-refractivity contribution in [3.8, 4) is 17.6 Å². The molecule has 0 bridgehead atoms. The largest absolute Gasteiger partial charge is 0.456 e. The smallest absolute Gasteiger partial charge is 0.159 e. The van der Waals surface area contributed by atoms with Crippen molar-refractivity contribution in [3.63, 3.8) is 0 Å². The Labute approximate surface area is 117 Å². The predicted molar refractivity (Wildman–Crippen MR) is 74.9 cm³/mol. The second-order valence-corrected chi connectivity index (χ2v) is 4.52. The molecule has 20 heavy (non-hydrogen) atoms. The number of carbonyl (C=O) groups excluding carboxylic acids is 1. The van der Waals surface area contributed by atoms with Crippen molar-refractivity contribution >= 4 is 5.78 Å². The highest BCUT2D eigenvalue weighted by molar-refractivity contribution is 5.94. The van der Waals surface area contributed by atoms with Crippen LogP contribution in [0.25, 0.3) is 0 Å². The predicted octanol–water partition coefficient (Wildman–Crippen LogP) is 3.57. The number of carbonyl (C=O) groups is 1. The summed E-state index contributed by atoms with van der Waals surface area (Å²) in [7, 11) is 0. The number of benzene rings is 1. The third-order valence-corrected chi connectivity index (χ3v) is 2.89. The Bertz CT molecular complexity index is 698. The first-order chi connectivity index (χ1) is 9.51. The van der Waals surface area contributed by atoms with E-state index in [-0.39, 0.29) is 5.78 Å². The van der Waals surface area contributed by atoms with Gasteiger partial charge in [0.2, 0.25) is 0 Å². The van der Waals surface area contributed by atoms with Gasteiger partial charge in [-0.05, 0) is 45.0 Å². The number of ketones is 1. The Kier molecular flexibility index (Phi) is 3.81. The summed E-state index contributed by atoms with van der Waals surface area (Å²) in [4.78, 5) is 15.4. The molecule has 4 nitrogen and oxygen atoms in total. The Hall–Kier alpha value is -2.67. The average molecular weight is 266 g/mol. The first kappa shape index (κ1) is 13.8. The van der Waals surface area contributed by atoms with Crippen LogP contribution in [0.5, 0.6) is 11.5 Å². The van der Waals surface area contributed by atoms with Crippen LogP contribution in [0.3, 0.4) is 0 Å². The Morgan fingerprint density at radius 1 is 1.25 bits per heavy atom. The van der Waals surface area contributed by atoms with Crippen LogP contribution < -0.4 is 4.74 Å². The van der Waals surface area contributed by atoms with Gasteiger partial charge in [-0.15, -0.1) is 0 Å². The van der Waals surface area contributed by atoms with Gasteiger partial charge in [0, 0.05) is 17.3 Å². The topological polar surface area (TPSA) is 63.0 Å². The second-order valence-electron chi connectivity index (χ2n) is 4.52. The summed E-state index contributed by atoms with van der Waals surface area (Å²) in [6, 6.07) is 10.6. The van der Waals surface area contributed by atoms with Crippen molar-refractivity contribution in [2.75, 3.05) is 0 Å². The SMILES string of the molecule is CC(=O)c1ccc(Oc2cc(C)nc(C)c2C#N)cc1. The van der Waals surface area contributed by atoms with Crippen molar-refractivity contribution in [2.24, 2.45) is 0 Å². The normalized spacial score (nSPS) is 9.90. The van der Waals surface area contributed by atoms with Gasteiger partial charge in [-0.25, -0.2) is 0 Å². The van der Waals surface area contributed by atoms with Crippen molar-refractivity contribution in [3.05, 3.63) is 52.8 Å². The lowest BCUT2D eigenvalue weighted by atomic mass is 10.1. The van der Waals surface area contributed by atoms with Crippen molar-refractivity contribution < 1.29 is 9.53 Å². The third kappa shape index (κ3) is 2.83. The van der Waals surface area contributed by atoms with Gasteiger partial charge in [-0.2, -0.15) is 5.26 Å². The maximum atomic E-state index is 11.2. The molecular formula is C16H14N2O2. The number of rotatable bonds is 3. The molecule has 0 aliphatic rings. The van der Waals surface area contributed by atoms with E-state index in [0.29, 0.717) is 28.3 Å². The van der Waals surface area contributed by atoms with Crippen LogP contribution >= 0.6 is 0 Å². The minimum absolute atomic E-state index is 0.00450. The minimum Gasteiger partial charge on any atom is -0.456 e. The van der Waals surface area contributed by atoms with Gasteiger partial charge < -0.3 is 4.74 Å². The summed E-state index contributed by atoms with van der Waals surface area (Å²) in [5.41, 5.74) is 2.48. The summed E-state index contributed by atoms with van der Waals surface area (Å²) in [6.45, 7) is 5.14. The molecule has 0 unspecified atom stereocenters. The van der Waals surface area contributed by atoms with Gasteiger partial charge in [0.05, 0.1) is 5.69 Å². The van der Waals surface area contributed by atoms with E-state index in [0.717, 1.165) is 5.69 Å². The number of hydrogen-bond donors (Lipinski definition) is 0. The van der Waals surface area contributed by atoms with E-state index in [1.807, 2.05) is 6.92 Å². The molecule has 0 amide bonds. The lowest BCUT2D eigenvalue weighted by Crippen LogP contribution is -1.97. The molecule has 2 aromatic rings. The number of nitrogens with zero attached hydrogens (tertiary/aromatic N) is 2. The van der Waals surface area contributed by atoms with Gasteiger partial charge in [0.1, 0.15) is 23.1 Å². The van der Waals surface area contributed by atoms with Crippen LogP contribution in [-0.4, -0.2) is 10.8 Å². The molecule has 0 saturated carbocycles. The van der Waals surface area contributed by atoms with E-state index in [9.17, 15) is 10.1 Å². The molecule has 0 saturated heterocycles. The number of aromatic nitrogens is 1. The molecule has 100 valence electrons. The molecule has 2 rings (SSSR count). The second kappa shape index (κ2) is 5.54. The quantitative estimate of drug-likeness (QED) is 0.797. The number of ether oxygens (including phenoxy) is 1. The standard InChI is InChI=1S/C16H14N2O2/c1-10-8-16(15(9-17)11(2)18-10)20-14-6-4-13(5-7-14)12(3)19/h4-8H,1-3H3. The van der Waals surface area contributed by atoms with Gasteiger partial charge in [-0.1, -0.05) is 0 Å². The minimum atomic E-state index is 0.00450. The zero-order valence-corrected chi connectivity index (χ0v) is 11.6. The molecule has 0 atom stereocenters. The molecule has 0 aliphatic carbocycles. The van der Waals surface area contributed by atoms with Crippen LogP contribution in [0.15, 0.2) is 30.3 Å². The fourth-order valence-electron chi connectivity index (χ4n) is 1.89. The number of aryl methyl sites for hydroxylation is 2. The van der Waals surface area contributed by atoms with E-state index < -0.39 is 0 Å². The van der Waals surface area contributed by atoms with Gasteiger partial charge >= 0.3 is 0 Å². The average Bonchev–Trinajstić information content (AvgIpc) is 2.39. The maximum absolute atomic E-state index is 11.2. The molecule has 1 heterocycles. The lowest BCUT2D eigenvalue weighted by molar-refractivity contribution is 0.101.